The summed E-state index contributed by atoms with van der Waals surface area (Å²) in [6, 6.07) is 0. The summed E-state index contributed by atoms with van der Waals surface area (Å²) in [6.07, 6.45) is 4.56. The van der Waals surface area contributed by atoms with Gasteiger partial charge in [-0.05, 0) is 24.7 Å². The minimum absolute atomic E-state index is 0.240. The maximum atomic E-state index is 11.1. The number of ether oxygens (including phenoxy) is 1. The Kier molecular flexibility index (Phi) is 3.49. The Morgan fingerprint density at radius 1 is 1.43 bits per heavy atom. The maximum absolute atomic E-state index is 11.1. The fourth-order valence-corrected chi connectivity index (χ4v) is 1.76. The van der Waals surface area contributed by atoms with E-state index in [0.29, 0.717) is 6.54 Å². The highest BCUT2D eigenvalue weighted by molar-refractivity contribution is 6.32. The van der Waals surface area contributed by atoms with Crippen molar-refractivity contribution in [3.05, 3.63) is 0 Å². The molecule has 1 fully saturated rings. The van der Waals surface area contributed by atoms with Crippen LogP contribution in [0.15, 0.2) is 0 Å². The van der Waals surface area contributed by atoms with Crippen molar-refractivity contribution in [1.29, 1.82) is 0 Å². The van der Waals surface area contributed by atoms with E-state index in [9.17, 15) is 9.59 Å². The molecule has 4 nitrogen and oxygen atoms in total. The molecule has 1 aliphatic carbocycles. The van der Waals surface area contributed by atoms with E-state index in [2.05, 4.69) is 17.0 Å². The highest BCUT2D eigenvalue weighted by Crippen LogP contribution is 2.42. The van der Waals surface area contributed by atoms with Crippen LogP contribution in [0.3, 0.4) is 0 Å². The zero-order chi connectivity index (χ0) is 10.6. The van der Waals surface area contributed by atoms with E-state index >= 15 is 0 Å². The number of methoxy groups -OCH3 is 1. The van der Waals surface area contributed by atoms with Crippen molar-refractivity contribution < 1.29 is 14.3 Å². The van der Waals surface area contributed by atoms with Crippen molar-refractivity contribution in [3.63, 3.8) is 0 Å². The topological polar surface area (TPSA) is 55.4 Å². The van der Waals surface area contributed by atoms with Crippen molar-refractivity contribution in [1.82, 2.24) is 5.32 Å². The van der Waals surface area contributed by atoms with Crippen molar-refractivity contribution >= 4 is 11.9 Å². The average molecular weight is 199 g/mol. The molecule has 1 rings (SSSR count). The van der Waals surface area contributed by atoms with Gasteiger partial charge in [0, 0.05) is 6.54 Å². The van der Waals surface area contributed by atoms with E-state index < -0.39 is 11.9 Å². The van der Waals surface area contributed by atoms with Gasteiger partial charge in [0.1, 0.15) is 0 Å². The largest absolute Gasteiger partial charge is 0.462 e. The molecule has 4 heteroatoms. The predicted octanol–water partition coefficient (Wildman–Crippen LogP) is 0.856. The van der Waals surface area contributed by atoms with Crippen LogP contribution in [-0.2, 0) is 14.3 Å². The first-order valence-corrected chi connectivity index (χ1v) is 5.00. The number of nitrogens with one attached hydrogen (secondary N) is 1. The molecule has 0 unspecified atom stereocenters. The van der Waals surface area contributed by atoms with Gasteiger partial charge in [-0.25, -0.2) is 4.79 Å². The van der Waals surface area contributed by atoms with E-state index in [1.165, 1.54) is 13.5 Å². The summed E-state index contributed by atoms with van der Waals surface area (Å²) in [4.78, 5) is 21.9. The molecule has 1 amide bonds. The van der Waals surface area contributed by atoms with Gasteiger partial charge in [0.2, 0.25) is 0 Å². The fourth-order valence-electron chi connectivity index (χ4n) is 1.76. The normalized spacial score (nSPS) is 18.1. The standard InChI is InChI=1S/C10H17NO3/c1-3-10(5-4-6-10)7-11-8(12)9(13)14-2/h3-7H2,1-2H3,(H,11,12). The molecular formula is C10H17NO3. The molecule has 0 heterocycles. The lowest BCUT2D eigenvalue weighted by Gasteiger charge is -2.41. The summed E-state index contributed by atoms with van der Waals surface area (Å²) in [6.45, 7) is 2.71. The van der Waals surface area contributed by atoms with Crippen molar-refractivity contribution in [3.8, 4) is 0 Å². The van der Waals surface area contributed by atoms with E-state index in [4.69, 9.17) is 0 Å². The van der Waals surface area contributed by atoms with Gasteiger partial charge in [0.25, 0.3) is 0 Å². The summed E-state index contributed by atoms with van der Waals surface area (Å²) in [5.41, 5.74) is 0.240. The number of hydrogen-bond donors (Lipinski definition) is 1. The van der Waals surface area contributed by atoms with Crippen LogP contribution < -0.4 is 5.32 Å². The lowest BCUT2D eigenvalue weighted by Crippen LogP contribution is -2.44. The molecule has 14 heavy (non-hydrogen) atoms. The zero-order valence-corrected chi connectivity index (χ0v) is 8.76. The lowest BCUT2D eigenvalue weighted by molar-refractivity contribution is -0.153. The number of carbonyl (C=O) groups is 2. The number of hydrogen-bond acceptors (Lipinski definition) is 3. The van der Waals surface area contributed by atoms with Gasteiger partial charge in [-0.2, -0.15) is 0 Å². The van der Waals surface area contributed by atoms with Crippen LogP contribution in [0.2, 0.25) is 0 Å². The quantitative estimate of drug-likeness (QED) is 0.541. The third-order valence-corrected chi connectivity index (χ3v) is 3.16. The van der Waals surface area contributed by atoms with Gasteiger partial charge in [-0.1, -0.05) is 13.3 Å². The SMILES string of the molecule is CCC1(CNC(=O)C(=O)OC)CCC1. The Morgan fingerprint density at radius 3 is 2.43 bits per heavy atom. The molecule has 0 aromatic heterocycles. The van der Waals surface area contributed by atoms with E-state index in [-0.39, 0.29) is 5.41 Å². The third-order valence-electron chi connectivity index (χ3n) is 3.16. The summed E-state index contributed by atoms with van der Waals surface area (Å²) >= 11 is 0. The molecule has 0 aromatic carbocycles. The first-order chi connectivity index (χ1) is 6.63. The second-order valence-electron chi connectivity index (χ2n) is 3.88. The van der Waals surface area contributed by atoms with E-state index in [1.54, 1.807) is 0 Å². The van der Waals surface area contributed by atoms with Gasteiger partial charge in [-0.3, -0.25) is 4.79 Å². The second-order valence-corrected chi connectivity index (χ2v) is 3.88. The van der Waals surface area contributed by atoms with E-state index in [1.807, 2.05) is 0 Å². The van der Waals surface area contributed by atoms with Crippen LogP contribution in [0.1, 0.15) is 32.6 Å². The van der Waals surface area contributed by atoms with Crippen molar-refractivity contribution in [2.45, 2.75) is 32.6 Å². The van der Waals surface area contributed by atoms with Crippen LogP contribution in [-0.4, -0.2) is 25.5 Å². The average Bonchev–Trinajstić information content (AvgIpc) is 2.15. The minimum atomic E-state index is -0.810. The fraction of sp³-hybridized carbons (Fsp3) is 0.800. The van der Waals surface area contributed by atoms with Crippen molar-refractivity contribution in [2.24, 2.45) is 5.41 Å². The van der Waals surface area contributed by atoms with E-state index in [0.717, 1.165) is 19.3 Å². The zero-order valence-electron chi connectivity index (χ0n) is 8.76. The summed E-state index contributed by atoms with van der Waals surface area (Å²) in [7, 11) is 1.21. The Balaban J connectivity index is 2.32. The molecule has 0 atom stereocenters. The van der Waals surface area contributed by atoms with Crippen LogP contribution in [0, 0.1) is 5.41 Å². The summed E-state index contributed by atoms with van der Waals surface area (Å²) in [5.74, 6) is -1.44. The Hall–Kier alpha value is -1.06. The van der Waals surface area contributed by atoms with Crippen LogP contribution in [0.25, 0.3) is 0 Å². The molecular weight excluding hydrogens is 182 g/mol. The van der Waals surface area contributed by atoms with Crippen LogP contribution >= 0.6 is 0 Å². The lowest BCUT2D eigenvalue weighted by atomic mass is 9.67. The van der Waals surface area contributed by atoms with Gasteiger partial charge < -0.3 is 10.1 Å². The molecule has 1 N–H and O–H groups in total. The molecule has 80 valence electrons. The Morgan fingerprint density at radius 2 is 2.07 bits per heavy atom. The minimum Gasteiger partial charge on any atom is -0.462 e. The Labute approximate surface area is 84.0 Å². The molecule has 0 saturated heterocycles. The van der Waals surface area contributed by atoms with Crippen LogP contribution in [0.5, 0.6) is 0 Å². The molecule has 0 aliphatic heterocycles. The molecule has 0 spiro atoms. The number of rotatable bonds is 3. The molecule has 0 bridgehead atoms. The van der Waals surface area contributed by atoms with Gasteiger partial charge >= 0.3 is 11.9 Å². The first kappa shape index (κ1) is 11.0. The third kappa shape index (κ3) is 2.25. The number of carbonyl (C=O) groups excluding carboxylic acids is 2. The maximum Gasteiger partial charge on any atom is 0.396 e. The smallest absolute Gasteiger partial charge is 0.396 e. The molecule has 0 radical (unpaired) electrons. The Bertz CT molecular complexity index is 228. The first-order valence-electron chi connectivity index (χ1n) is 5.00. The molecule has 1 aliphatic rings. The second kappa shape index (κ2) is 4.44. The van der Waals surface area contributed by atoms with Gasteiger partial charge in [0.15, 0.2) is 0 Å². The number of amides is 1. The molecule has 1 saturated carbocycles. The molecule has 0 aromatic rings. The number of esters is 1. The highest BCUT2D eigenvalue weighted by Gasteiger charge is 2.35. The van der Waals surface area contributed by atoms with Crippen molar-refractivity contribution in [2.75, 3.05) is 13.7 Å². The van der Waals surface area contributed by atoms with Gasteiger partial charge in [0.05, 0.1) is 7.11 Å². The summed E-state index contributed by atoms with van der Waals surface area (Å²) < 4.78 is 4.31. The van der Waals surface area contributed by atoms with Gasteiger partial charge in [-0.15, -0.1) is 0 Å². The summed E-state index contributed by atoms with van der Waals surface area (Å²) in [5, 5.41) is 2.61. The predicted molar refractivity (Wildman–Crippen MR) is 51.6 cm³/mol. The monoisotopic (exact) mass is 199 g/mol. The highest BCUT2D eigenvalue weighted by atomic mass is 16.5. The van der Waals surface area contributed by atoms with Crippen LogP contribution in [0.4, 0.5) is 0 Å².